The number of nitrogens with two attached hydrogens (primary N) is 1. The predicted octanol–water partition coefficient (Wildman–Crippen LogP) is 1.68. The molecule has 0 aliphatic heterocycles. The van der Waals surface area contributed by atoms with Crippen molar-refractivity contribution in [1.29, 1.82) is 5.26 Å². The first-order chi connectivity index (χ1) is 13.9. The number of nitrogens with one attached hydrogen (secondary N) is 2. The molecule has 0 spiro atoms. The minimum absolute atomic E-state index is 0.200. The summed E-state index contributed by atoms with van der Waals surface area (Å²) in [6, 6.07) is 9.24. The number of benzene rings is 1. The van der Waals surface area contributed by atoms with E-state index in [1.54, 1.807) is 43.2 Å². The molecule has 4 N–H and O–H groups in total. The Morgan fingerprint density at radius 2 is 2.10 bits per heavy atom. The minimum Gasteiger partial charge on any atom is -0.398 e. The molecule has 0 bridgehead atoms. The third-order valence-corrected chi connectivity index (χ3v) is 5.05. The number of carbonyl (C=O) groups is 2. The van der Waals surface area contributed by atoms with E-state index in [1.165, 1.54) is 0 Å². The minimum atomic E-state index is -0.273. The van der Waals surface area contributed by atoms with Crippen LogP contribution in [0.4, 0.5) is 11.5 Å². The van der Waals surface area contributed by atoms with E-state index in [0.29, 0.717) is 23.6 Å². The topological polar surface area (TPSA) is 139 Å². The first kappa shape index (κ1) is 18.4. The first-order valence-electron chi connectivity index (χ1n) is 9.07. The van der Waals surface area contributed by atoms with Gasteiger partial charge in [0.1, 0.15) is 5.82 Å². The third-order valence-electron chi connectivity index (χ3n) is 5.05. The zero-order valence-corrected chi connectivity index (χ0v) is 15.9. The average molecular weight is 389 g/mol. The molecular formula is C20H19N7O2. The van der Waals surface area contributed by atoms with Crippen LogP contribution in [-0.2, 0) is 11.8 Å². The summed E-state index contributed by atoms with van der Waals surface area (Å²) < 4.78 is 1.62. The molecule has 0 saturated heterocycles. The Morgan fingerprint density at radius 3 is 2.79 bits per heavy atom. The largest absolute Gasteiger partial charge is 0.398 e. The molecule has 1 aromatic carbocycles. The third kappa shape index (κ3) is 3.36. The summed E-state index contributed by atoms with van der Waals surface area (Å²) in [5, 5.41) is 20.0. The molecule has 29 heavy (non-hydrogen) atoms. The zero-order valence-electron chi connectivity index (χ0n) is 15.9. The predicted molar refractivity (Wildman–Crippen MR) is 108 cm³/mol. The van der Waals surface area contributed by atoms with Crippen molar-refractivity contribution in [3.8, 4) is 17.3 Å². The van der Waals surface area contributed by atoms with Gasteiger partial charge in [-0.25, -0.2) is 4.98 Å². The second-order valence-electron chi connectivity index (χ2n) is 7.04. The van der Waals surface area contributed by atoms with E-state index in [-0.39, 0.29) is 23.7 Å². The number of fused-ring (bicyclic) bond motifs is 1. The van der Waals surface area contributed by atoms with Crippen LogP contribution in [0.3, 0.4) is 0 Å². The first-order valence-corrected chi connectivity index (χ1v) is 9.07. The molecule has 2 aromatic heterocycles. The normalized spacial score (nSPS) is 17.6. The number of nitriles is 1. The van der Waals surface area contributed by atoms with E-state index in [1.807, 2.05) is 6.07 Å². The molecular weight excluding hydrogens is 370 g/mol. The lowest BCUT2D eigenvalue weighted by Crippen LogP contribution is -2.18. The van der Waals surface area contributed by atoms with Crippen LogP contribution in [0.5, 0.6) is 0 Å². The number of hydrogen-bond donors (Lipinski definition) is 3. The molecule has 9 nitrogen and oxygen atoms in total. The van der Waals surface area contributed by atoms with Crippen LogP contribution in [0.15, 0.2) is 30.5 Å². The van der Waals surface area contributed by atoms with Gasteiger partial charge in [0, 0.05) is 36.9 Å². The van der Waals surface area contributed by atoms with Crippen LogP contribution in [-0.4, -0.2) is 33.6 Å². The van der Waals surface area contributed by atoms with E-state index < -0.39 is 0 Å². The fourth-order valence-corrected chi connectivity index (χ4v) is 3.33. The van der Waals surface area contributed by atoms with Crippen molar-refractivity contribution in [3.05, 3.63) is 36.2 Å². The van der Waals surface area contributed by atoms with Crippen molar-refractivity contribution in [2.45, 2.75) is 6.42 Å². The maximum atomic E-state index is 12.2. The maximum Gasteiger partial charge on any atom is 0.271 e. The molecule has 1 aliphatic rings. The molecule has 3 aromatic rings. The zero-order chi connectivity index (χ0) is 20.7. The quantitative estimate of drug-likeness (QED) is 0.580. The number of nitrogens with zero attached hydrogens (tertiary/aromatic N) is 4. The Kier molecular flexibility index (Phi) is 4.39. The summed E-state index contributed by atoms with van der Waals surface area (Å²) in [5.74, 6) is -0.554. The molecule has 2 heterocycles. The summed E-state index contributed by atoms with van der Waals surface area (Å²) >= 11 is 0. The molecule has 0 radical (unpaired) electrons. The number of aryl methyl sites for hydroxylation is 1. The smallest absolute Gasteiger partial charge is 0.271 e. The van der Waals surface area contributed by atoms with E-state index >= 15 is 0 Å². The number of pyridine rings is 1. The van der Waals surface area contributed by atoms with Crippen molar-refractivity contribution in [3.63, 3.8) is 0 Å². The number of aromatic nitrogens is 3. The number of amides is 2. The molecule has 4 rings (SSSR count). The van der Waals surface area contributed by atoms with Crippen molar-refractivity contribution < 1.29 is 9.59 Å². The second-order valence-corrected chi connectivity index (χ2v) is 7.04. The summed E-state index contributed by atoms with van der Waals surface area (Å²) in [4.78, 5) is 28.3. The Hall–Kier alpha value is -3.93. The summed E-state index contributed by atoms with van der Waals surface area (Å²) in [5.41, 5.74) is 8.56. The Labute approximate surface area is 166 Å². The van der Waals surface area contributed by atoms with Gasteiger partial charge in [-0.05, 0) is 36.1 Å². The van der Waals surface area contributed by atoms with Gasteiger partial charge in [0.25, 0.3) is 5.91 Å². The summed E-state index contributed by atoms with van der Waals surface area (Å²) in [7, 11) is 3.30. The number of nitrogen functional groups attached to an aromatic ring is 1. The van der Waals surface area contributed by atoms with Crippen LogP contribution in [0.25, 0.3) is 22.0 Å². The molecule has 1 fully saturated rings. The van der Waals surface area contributed by atoms with Crippen molar-refractivity contribution >= 4 is 34.1 Å². The van der Waals surface area contributed by atoms with Crippen molar-refractivity contribution in [1.82, 2.24) is 20.1 Å². The van der Waals surface area contributed by atoms with Gasteiger partial charge >= 0.3 is 0 Å². The van der Waals surface area contributed by atoms with Gasteiger partial charge in [0.05, 0.1) is 23.6 Å². The van der Waals surface area contributed by atoms with E-state index in [0.717, 1.165) is 22.0 Å². The van der Waals surface area contributed by atoms with Gasteiger partial charge in [0.2, 0.25) is 5.91 Å². The molecule has 9 heteroatoms. The highest BCUT2D eigenvalue weighted by Crippen LogP contribution is 2.38. The monoisotopic (exact) mass is 389 g/mol. The molecule has 0 unspecified atom stereocenters. The van der Waals surface area contributed by atoms with Crippen LogP contribution >= 0.6 is 0 Å². The van der Waals surface area contributed by atoms with Crippen molar-refractivity contribution in [2.75, 3.05) is 18.1 Å². The highest BCUT2D eigenvalue weighted by Gasteiger charge is 2.43. The van der Waals surface area contributed by atoms with Crippen LogP contribution < -0.4 is 16.4 Å². The number of rotatable bonds is 4. The van der Waals surface area contributed by atoms with Gasteiger partial charge in [-0.2, -0.15) is 10.4 Å². The van der Waals surface area contributed by atoms with Crippen LogP contribution in [0.2, 0.25) is 0 Å². The van der Waals surface area contributed by atoms with E-state index in [2.05, 4.69) is 26.8 Å². The van der Waals surface area contributed by atoms with E-state index in [4.69, 9.17) is 11.0 Å². The number of anilines is 2. The van der Waals surface area contributed by atoms with Crippen LogP contribution in [0, 0.1) is 23.2 Å². The van der Waals surface area contributed by atoms with E-state index in [9.17, 15) is 9.59 Å². The molecule has 2 atom stereocenters. The standard InChI is InChI=1S/C20H19N7O2/c1-23-20(29)16-7-17(27(2)26-16)11-3-10-6-18(24-9-14(10)15(22)5-11)25-19(28)13-4-12(13)8-21/h3,5-7,9,12-13H,4,22H2,1-2H3,(H,23,29)(H,24,25,28)/t12-,13+/m0/s1. The lowest BCUT2D eigenvalue weighted by atomic mass is 10.0. The number of hydrogen-bond acceptors (Lipinski definition) is 6. The highest BCUT2D eigenvalue weighted by atomic mass is 16.2. The SMILES string of the molecule is CNC(=O)c1cc(-c2cc(N)c3cnc(NC(=O)[C@@H]4C[C@H]4C#N)cc3c2)n(C)n1. The Bertz CT molecular complexity index is 1190. The lowest BCUT2D eigenvalue weighted by molar-refractivity contribution is -0.117. The molecule has 2 amide bonds. The number of carbonyl (C=O) groups excluding carboxylic acids is 2. The average Bonchev–Trinajstić information content (AvgIpc) is 3.41. The van der Waals surface area contributed by atoms with Crippen LogP contribution in [0.1, 0.15) is 16.9 Å². The van der Waals surface area contributed by atoms with Gasteiger partial charge in [-0.1, -0.05) is 0 Å². The molecule has 146 valence electrons. The Balaban J connectivity index is 1.68. The van der Waals surface area contributed by atoms with Gasteiger partial charge in [-0.15, -0.1) is 0 Å². The summed E-state index contributed by atoms with van der Waals surface area (Å²) in [6.45, 7) is 0. The second kappa shape index (κ2) is 6.91. The summed E-state index contributed by atoms with van der Waals surface area (Å²) in [6.07, 6.45) is 2.19. The lowest BCUT2D eigenvalue weighted by Gasteiger charge is -2.09. The fraction of sp³-hybridized carbons (Fsp3) is 0.250. The highest BCUT2D eigenvalue weighted by molar-refractivity contribution is 6.00. The van der Waals surface area contributed by atoms with Gasteiger partial charge in [-0.3, -0.25) is 14.3 Å². The van der Waals surface area contributed by atoms with Gasteiger partial charge < -0.3 is 16.4 Å². The fourth-order valence-electron chi connectivity index (χ4n) is 3.33. The molecule has 1 saturated carbocycles. The maximum absolute atomic E-state index is 12.2. The van der Waals surface area contributed by atoms with Crippen molar-refractivity contribution in [2.24, 2.45) is 18.9 Å². The Morgan fingerprint density at radius 1 is 1.31 bits per heavy atom. The van der Waals surface area contributed by atoms with Gasteiger partial charge in [0.15, 0.2) is 5.69 Å². The molecule has 1 aliphatic carbocycles.